The van der Waals surface area contributed by atoms with Crippen molar-refractivity contribution in [3.8, 4) is 0 Å². The molecule has 2 N–H and O–H groups in total. The molecule has 25 heavy (non-hydrogen) atoms. The number of halogens is 3. The normalized spacial score (nSPS) is 27.4. The van der Waals surface area contributed by atoms with Gasteiger partial charge >= 0.3 is 12.1 Å². The molecule has 2 aliphatic rings. The number of carboxylic acid groups (broad SMARTS) is 1. The third kappa shape index (κ3) is 3.66. The first-order valence-corrected chi connectivity index (χ1v) is 10.1. The molecule has 0 bridgehead atoms. The highest BCUT2D eigenvalue weighted by atomic mass is 32.2. The summed E-state index contributed by atoms with van der Waals surface area (Å²) >= 11 is 3.61. The Labute approximate surface area is 153 Å². The van der Waals surface area contributed by atoms with Crippen LogP contribution in [0.2, 0.25) is 0 Å². The number of hydrogen-bond donors (Lipinski definition) is 2. The van der Waals surface area contributed by atoms with Gasteiger partial charge in [-0.1, -0.05) is 19.1 Å². The number of thioether (sulfide) groups is 2. The number of carboxylic acids is 1. The Hall–Kier alpha value is -0.860. The van der Waals surface area contributed by atoms with E-state index in [-0.39, 0.29) is 16.0 Å². The van der Waals surface area contributed by atoms with Crippen LogP contribution >= 0.6 is 23.5 Å². The van der Waals surface area contributed by atoms with Crippen molar-refractivity contribution in [3.05, 3.63) is 35.4 Å². The van der Waals surface area contributed by atoms with Crippen LogP contribution in [-0.4, -0.2) is 33.2 Å². The Kier molecular flexibility index (Phi) is 5.33. The fourth-order valence-electron chi connectivity index (χ4n) is 3.78. The molecule has 1 aromatic carbocycles. The minimum absolute atomic E-state index is 0.184. The minimum atomic E-state index is -4.37. The Morgan fingerprint density at radius 1 is 1.28 bits per heavy atom. The van der Waals surface area contributed by atoms with Gasteiger partial charge in [0.25, 0.3) is 0 Å². The van der Waals surface area contributed by atoms with Crippen molar-refractivity contribution >= 4 is 29.5 Å². The number of nitrogens with one attached hydrogen (secondary N) is 1. The number of aliphatic carboxylic acids is 1. The van der Waals surface area contributed by atoms with E-state index >= 15 is 0 Å². The number of hydrogen-bond acceptors (Lipinski definition) is 4. The predicted octanol–water partition coefficient (Wildman–Crippen LogP) is 4.25. The Balaban J connectivity index is 1.96. The van der Waals surface area contributed by atoms with Gasteiger partial charge in [-0.3, -0.25) is 4.79 Å². The maximum Gasteiger partial charge on any atom is 0.416 e. The lowest BCUT2D eigenvalue weighted by Crippen LogP contribution is -2.51. The summed E-state index contributed by atoms with van der Waals surface area (Å²) in [4.78, 5) is 11.7. The summed E-state index contributed by atoms with van der Waals surface area (Å²) < 4.78 is 38.3. The fraction of sp³-hybridized carbons (Fsp3) is 0.588. The Morgan fingerprint density at radius 2 is 1.88 bits per heavy atom. The average molecular weight is 391 g/mol. The highest BCUT2D eigenvalue weighted by Gasteiger charge is 2.52. The molecular formula is C17H20F3NO2S2. The van der Waals surface area contributed by atoms with E-state index in [9.17, 15) is 23.1 Å². The highest BCUT2D eigenvalue weighted by molar-refractivity contribution is 8.21. The van der Waals surface area contributed by atoms with Crippen LogP contribution in [0, 0.1) is 11.8 Å². The quantitative estimate of drug-likeness (QED) is 0.807. The van der Waals surface area contributed by atoms with Crippen LogP contribution in [0.1, 0.15) is 30.5 Å². The van der Waals surface area contributed by atoms with Gasteiger partial charge < -0.3 is 10.4 Å². The topological polar surface area (TPSA) is 49.3 Å². The third-order valence-electron chi connectivity index (χ3n) is 5.01. The minimum Gasteiger partial charge on any atom is -0.481 e. The van der Waals surface area contributed by atoms with E-state index in [1.165, 1.54) is 12.1 Å². The van der Waals surface area contributed by atoms with Crippen LogP contribution in [0.25, 0.3) is 0 Å². The summed E-state index contributed by atoms with van der Waals surface area (Å²) in [5.74, 6) is 0.324. The van der Waals surface area contributed by atoms with Gasteiger partial charge in [-0.25, -0.2) is 0 Å². The zero-order valence-corrected chi connectivity index (χ0v) is 15.3. The number of alkyl halides is 3. The number of benzene rings is 1. The molecule has 2 fully saturated rings. The van der Waals surface area contributed by atoms with Crippen molar-refractivity contribution in [2.75, 3.05) is 18.1 Å². The first-order valence-electron chi connectivity index (χ1n) is 8.16. The van der Waals surface area contributed by atoms with E-state index in [1.807, 2.05) is 0 Å². The Morgan fingerprint density at radius 3 is 2.40 bits per heavy atom. The Bertz CT molecular complexity index is 630. The van der Waals surface area contributed by atoms with E-state index in [2.05, 4.69) is 5.32 Å². The number of carbonyl (C=O) groups is 1. The van der Waals surface area contributed by atoms with Crippen molar-refractivity contribution in [1.82, 2.24) is 5.32 Å². The lowest BCUT2D eigenvalue weighted by atomic mass is 9.77. The maximum atomic E-state index is 12.8. The molecule has 0 aromatic heterocycles. The predicted molar refractivity (Wildman–Crippen MR) is 94.7 cm³/mol. The molecule has 0 radical (unpaired) electrons. The molecule has 1 unspecified atom stereocenters. The van der Waals surface area contributed by atoms with Crippen molar-refractivity contribution in [2.24, 2.45) is 11.8 Å². The molecule has 3 rings (SSSR count). The van der Waals surface area contributed by atoms with Gasteiger partial charge in [0.1, 0.15) is 0 Å². The van der Waals surface area contributed by atoms with Crippen molar-refractivity contribution in [2.45, 2.75) is 29.6 Å². The van der Waals surface area contributed by atoms with Gasteiger partial charge in [-0.2, -0.15) is 13.2 Å². The van der Waals surface area contributed by atoms with Gasteiger partial charge in [0.15, 0.2) is 0 Å². The molecule has 1 aromatic rings. The average Bonchev–Trinajstić information content (AvgIpc) is 3.02. The van der Waals surface area contributed by atoms with Crippen molar-refractivity contribution < 1.29 is 23.1 Å². The van der Waals surface area contributed by atoms with Crippen molar-refractivity contribution in [3.63, 3.8) is 0 Å². The SMILES string of the molecule is CC(C(=O)O)[C@H]1[C@@H](c2ccc(C(F)(F)F)cc2)NCCC12SCCS2. The van der Waals surface area contributed by atoms with Gasteiger partial charge in [-0.15, -0.1) is 23.5 Å². The smallest absolute Gasteiger partial charge is 0.416 e. The van der Waals surface area contributed by atoms with Crippen LogP contribution in [0.5, 0.6) is 0 Å². The largest absolute Gasteiger partial charge is 0.481 e. The van der Waals surface area contributed by atoms with Crippen LogP contribution in [-0.2, 0) is 11.0 Å². The van der Waals surface area contributed by atoms with E-state index in [1.54, 1.807) is 30.4 Å². The molecule has 3 nitrogen and oxygen atoms in total. The molecule has 8 heteroatoms. The molecular weight excluding hydrogens is 371 g/mol. The van der Waals surface area contributed by atoms with E-state index in [0.29, 0.717) is 0 Å². The molecule has 2 aliphatic heterocycles. The fourth-order valence-corrected chi connectivity index (χ4v) is 7.53. The van der Waals surface area contributed by atoms with Gasteiger partial charge in [0.2, 0.25) is 0 Å². The summed E-state index contributed by atoms with van der Waals surface area (Å²) in [6.07, 6.45) is -3.51. The molecule has 138 valence electrons. The van der Waals surface area contributed by atoms with Crippen LogP contribution in [0.4, 0.5) is 13.2 Å². The second-order valence-corrected chi connectivity index (χ2v) is 9.57. The first-order chi connectivity index (χ1) is 11.7. The standard InChI is InChI=1S/C17H20F3NO2S2/c1-10(15(22)23)13-14(21-7-6-16(13)24-8-9-25-16)11-2-4-12(5-3-11)17(18,19)20/h2-5,10,13-14,21H,6-9H2,1H3,(H,22,23)/t10?,13-,14+/m0/s1. The summed E-state index contributed by atoms with van der Waals surface area (Å²) in [7, 11) is 0. The summed E-state index contributed by atoms with van der Waals surface area (Å²) in [6.45, 7) is 2.44. The van der Waals surface area contributed by atoms with E-state index < -0.39 is 23.6 Å². The number of rotatable bonds is 3. The van der Waals surface area contributed by atoms with E-state index in [0.717, 1.165) is 42.2 Å². The molecule has 0 saturated carbocycles. The highest BCUT2D eigenvalue weighted by Crippen LogP contribution is 2.58. The van der Waals surface area contributed by atoms with Crippen LogP contribution in [0.3, 0.4) is 0 Å². The lowest BCUT2D eigenvalue weighted by molar-refractivity contribution is -0.144. The lowest BCUT2D eigenvalue weighted by Gasteiger charge is -2.47. The molecule has 2 saturated heterocycles. The molecule has 1 spiro atoms. The zero-order valence-electron chi connectivity index (χ0n) is 13.7. The van der Waals surface area contributed by atoms with Gasteiger partial charge in [0.05, 0.1) is 15.6 Å². The number of piperidine rings is 1. The zero-order chi connectivity index (χ0) is 18.2. The maximum absolute atomic E-state index is 12.8. The van der Waals surface area contributed by atoms with E-state index in [4.69, 9.17) is 0 Å². The summed E-state index contributed by atoms with van der Waals surface area (Å²) in [6, 6.07) is 4.85. The molecule has 2 heterocycles. The van der Waals surface area contributed by atoms with Crippen LogP contribution in [0.15, 0.2) is 24.3 Å². The third-order valence-corrected chi connectivity index (χ3v) is 8.72. The van der Waals surface area contributed by atoms with Crippen LogP contribution < -0.4 is 5.32 Å². The second-order valence-electron chi connectivity index (χ2n) is 6.46. The summed E-state index contributed by atoms with van der Waals surface area (Å²) in [5, 5.41) is 13.0. The second kappa shape index (κ2) is 7.04. The van der Waals surface area contributed by atoms with Gasteiger partial charge in [0, 0.05) is 23.5 Å². The molecule has 3 atom stereocenters. The van der Waals surface area contributed by atoms with Gasteiger partial charge in [-0.05, 0) is 30.7 Å². The van der Waals surface area contributed by atoms with Crippen molar-refractivity contribution in [1.29, 1.82) is 0 Å². The summed E-state index contributed by atoms with van der Waals surface area (Å²) in [5.41, 5.74) is 0.0347. The first kappa shape index (κ1) is 18.9. The molecule has 0 amide bonds. The molecule has 0 aliphatic carbocycles. The monoisotopic (exact) mass is 391 g/mol.